The number of nitrogens with zero attached hydrogens (tertiary/aromatic N) is 4. The number of benzene rings is 1. The Labute approximate surface area is 195 Å². The van der Waals surface area contributed by atoms with Gasteiger partial charge in [-0.15, -0.1) is 0 Å². The molecule has 4 amide bonds. The SMILES string of the molecule is O=C(N1CCC(C(=O)N2CCc3ccccc32)CC1)N1C[C@@H]2C[C@H](C1)[C@H]1CCCC(=O)N1C2. The van der Waals surface area contributed by atoms with Gasteiger partial charge in [0, 0.05) is 63.3 Å². The third-order valence-electron chi connectivity index (χ3n) is 8.72. The predicted octanol–water partition coefficient (Wildman–Crippen LogP) is 2.74. The molecule has 176 valence electrons. The second kappa shape index (κ2) is 8.33. The highest BCUT2D eigenvalue weighted by molar-refractivity contribution is 5.97. The van der Waals surface area contributed by atoms with Crippen LogP contribution in [0.2, 0.25) is 0 Å². The van der Waals surface area contributed by atoms with Gasteiger partial charge in [0.05, 0.1) is 0 Å². The third-order valence-corrected chi connectivity index (χ3v) is 8.72. The van der Waals surface area contributed by atoms with E-state index in [1.165, 1.54) is 5.56 Å². The summed E-state index contributed by atoms with van der Waals surface area (Å²) >= 11 is 0. The van der Waals surface area contributed by atoms with E-state index in [0.29, 0.717) is 43.3 Å². The average Bonchev–Trinajstić information content (AvgIpc) is 3.28. The Kier molecular flexibility index (Phi) is 5.30. The number of anilines is 1. The van der Waals surface area contributed by atoms with Gasteiger partial charge < -0.3 is 19.6 Å². The topological polar surface area (TPSA) is 64.2 Å². The van der Waals surface area contributed by atoms with E-state index >= 15 is 0 Å². The smallest absolute Gasteiger partial charge is 0.320 e. The van der Waals surface area contributed by atoms with Crippen molar-refractivity contribution in [2.45, 2.75) is 51.0 Å². The summed E-state index contributed by atoms with van der Waals surface area (Å²) < 4.78 is 0. The zero-order valence-corrected chi connectivity index (χ0v) is 19.3. The van der Waals surface area contributed by atoms with Crippen molar-refractivity contribution >= 4 is 23.5 Å². The first kappa shape index (κ1) is 21.0. The van der Waals surface area contributed by atoms with Crippen LogP contribution < -0.4 is 4.90 Å². The quantitative estimate of drug-likeness (QED) is 0.661. The molecular weight excluding hydrogens is 416 g/mol. The van der Waals surface area contributed by atoms with E-state index < -0.39 is 0 Å². The number of hydrogen-bond acceptors (Lipinski definition) is 3. The first-order valence-corrected chi connectivity index (χ1v) is 12.8. The molecule has 2 bridgehead atoms. The van der Waals surface area contributed by atoms with Crippen LogP contribution >= 0.6 is 0 Å². The Morgan fingerprint density at radius 1 is 0.879 bits per heavy atom. The van der Waals surface area contributed by atoms with Crippen LogP contribution in [0.4, 0.5) is 10.5 Å². The first-order valence-electron chi connectivity index (χ1n) is 12.8. The van der Waals surface area contributed by atoms with Crippen molar-refractivity contribution in [1.82, 2.24) is 14.7 Å². The lowest BCUT2D eigenvalue weighted by Crippen LogP contribution is -2.62. The molecule has 1 aromatic carbocycles. The van der Waals surface area contributed by atoms with Crippen LogP contribution in [-0.4, -0.2) is 77.9 Å². The predicted molar refractivity (Wildman–Crippen MR) is 125 cm³/mol. The molecule has 0 saturated carbocycles. The molecule has 5 aliphatic rings. The van der Waals surface area contributed by atoms with Crippen molar-refractivity contribution in [2.75, 3.05) is 44.2 Å². The van der Waals surface area contributed by atoms with Gasteiger partial charge in [0.25, 0.3) is 0 Å². The number of para-hydroxylation sites is 1. The fourth-order valence-corrected chi connectivity index (χ4v) is 7.07. The summed E-state index contributed by atoms with van der Waals surface area (Å²) in [4.78, 5) is 47.1. The van der Waals surface area contributed by atoms with E-state index in [2.05, 4.69) is 11.0 Å². The summed E-state index contributed by atoms with van der Waals surface area (Å²) in [6.45, 7) is 4.43. The van der Waals surface area contributed by atoms with Gasteiger partial charge in [-0.2, -0.15) is 0 Å². The van der Waals surface area contributed by atoms with Crippen LogP contribution in [0.5, 0.6) is 0 Å². The normalized spacial score (nSPS) is 29.7. The van der Waals surface area contributed by atoms with E-state index in [1.54, 1.807) is 0 Å². The Hall–Kier alpha value is -2.57. The highest BCUT2D eigenvalue weighted by atomic mass is 16.2. The van der Waals surface area contributed by atoms with Crippen LogP contribution in [0.3, 0.4) is 0 Å². The molecule has 5 heterocycles. The second-order valence-corrected chi connectivity index (χ2v) is 10.7. The maximum atomic E-state index is 13.4. The van der Waals surface area contributed by atoms with Crippen LogP contribution in [0, 0.1) is 17.8 Å². The summed E-state index contributed by atoms with van der Waals surface area (Å²) in [6, 6.07) is 8.66. The van der Waals surface area contributed by atoms with E-state index in [1.807, 2.05) is 32.9 Å². The van der Waals surface area contributed by atoms with E-state index in [-0.39, 0.29) is 17.9 Å². The molecular formula is C26H34N4O3. The van der Waals surface area contributed by atoms with Crippen LogP contribution in [0.25, 0.3) is 0 Å². The Morgan fingerprint density at radius 2 is 1.70 bits per heavy atom. The van der Waals surface area contributed by atoms with Crippen molar-refractivity contribution in [3.8, 4) is 0 Å². The van der Waals surface area contributed by atoms with Gasteiger partial charge >= 0.3 is 6.03 Å². The van der Waals surface area contributed by atoms with Gasteiger partial charge in [-0.3, -0.25) is 9.59 Å². The Morgan fingerprint density at radius 3 is 2.55 bits per heavy atom. The number of carbonyl (C=O) groups excluding carboxylic acids is 3. The molecule has 6 rings (SSSR count). The van der Waals surface area contributed by atoms with Gasteiger partial charge in [0.1, 0.15) is 0 Å². The Bertz CT molecular complexity index is 957. The number of amides is 4. The zero-order chi connectivity index (χ0) is 22.5. The van der Waals surface area contributed by atoms with Gasteiger partial charge in [0.15, 0.2) is 0 Å². The molecule has 0 N–H and O–H groups in total. The molecule has 4 fully saturated rings. The minimum absolute atomic E-state index is 0.00255. The van der Waals surface area contributed by atoms with Crippen LogP contribution in [0.1, 0.15) is 44.1 Å². The number of hydrogen-bond donors (Lipinski definition) is 0. The molecule has 0 unspecified atom stereocenters. The second-order valence-electron chi connectivity index (χ2n) is 10.7. The number of urea groups is 1. The molecule has 7 nitrogen and oxygen atoms in total. The molecule has 0 radical (unpaired) electrons. The van der Waals surface area contributed by atoms with Crippen molar-refractivity contribution < 1.29 is 14.4 Å². The maximum Gasteiger partial charge on any atom is 0.320 e. The summed E-state index contributed by atoms with van der Waals surface area (Å²) in [5.41, 5.74) is 2.32. The molecule has 4 saturated heterocycles. The van der Waals surface area contributed by atoms with Crippen LogP contribution in [-0.2, 0) is 16.0 Å². The fourth-order valence-electron chi connectivity index (χ4n) is 7.07. The van der Waals surface area contributed by atoms with E-state index in [9.17, 15) is 14.4 Å². The largest absolute Gasteiger partial charge is 0.339 e. The standard InChI is InChI=1S/C26H34N4O3/c31-24-7-3-6-23-21-14-18(16-30(23)24)15-28(17-21)26(33)27-11-8-20(9-12-27)25(32)29-13-10-19-4-1-2-5-22(19)29/h1-2,4-5,18,20-21,23H,3,6-17H2/t18-,21+,23+/m0/s1. The number of piperidine rings is 4. The molecule has 5 aliphatic heterocycles. The van der Waals surface area contributed by atoms with Gasteiger partial charge in [0.2, 0.25) is 11.8 Å². The maximum absolute atomic E-state index is 13.4. The monoisotopic (exact) mass is 450 g/mol. The van der Waals surface area contributed by atoms with Gasteiger partial charge in [-0.25, -0.2) is 4.79 Å². The first-order chi connectivity index (χ1) is 16.1. The number of fused-ring (bicyclic) bond motifs is 5. The van der Waals surface area contributed by atoms with Crippen molar-refractivity contribution in [1.29, 1.82) is 0 Å². The van der Waals surface area contributed by atoms with E-state index in [4.69, 9.17) is 0 Å². The molecule has 0 aliphatic carbocycles. The summed E-state index contributed by atoms with van der Waals surface area (Å²) in [5, 5.41) is 0. The lowest BCUT2D eigenvalue weighted by Gasteiger charge is -2.53. The highest BCUT2D eigenvalue weighted by Crippen LogP contribution is 2.38. The molecule has 7 heteroatoms. The number of carbonyl (C=O) groups is 3. The molecule has 0 spiro atoms. The molecule has 0 aromatic heterocycles. The lowest BCUT2D eigenvalue weighted by atomic mass is 9.76. The van der Waals surface area contributed by atoms with Gasteiger partial charge in [-0.05, 0) is 62.0 Å². The van der Waals surface area contributed by atoms with Crippen LogP contribution in [0.15, 0.2) is 24.3 Å². The fraction of sp³-hybridized carbons (Fsp3) is 0.654. The van der Waals surface area contributed by atoms with E-state index in [0.717, 1.165) is 70.4 Å². The third kappa shape index (κ3) is 3.69. The minimum Gasteiger partial charge on any atom is -0.339 e. The van der Waals surface area contributed by atoms with Gasteiger partial charge in [-0.1, -0.05) is 18.2 Å². The molecule has 1 aromatic rings. The van der Waals surface area contributed by atoms with Crippen molar-refractivity contribution in [3.63, 3.8) is 0 Å². The summed E-state index contributed by atoms with van der Waals surface area (Å²) in [6.07, 6.45) is 6.32. The Balaban J connectivity index is 1.06. The summed E-state index contributed by atoms with van der Waals surface area (Å²) in [7, 11) is 0. The zero-order valence-electron chi connectivity index (χ0n) is 19.3. The molecule has 3 atom stereocenters. The van der Waals surface area contributed by atoms with Crippen molar-refractivity contribution in [2.24, 2.45) is 17.8 Å². The summed E-state index contributed by atoms with van der Waals surface area (Å²) in [5.74, 6) is 1.36. The minimum atomic E-state index is 0.00255. The number of rotatable bonds is 1. The lowest BCUT2D eigenvalue weighted by molar-refractivity contribution is -0.144. The highest BCUT2D eigenvalue weighted by Gasteiger charge is 2.45. The van der Waals surface area contributed by atoms with Crippen molar-refractivity contribution in [3.05, 3.63) is 29.8 Å². The number of likely N-dealkylation sites (tertiary alicyclic amines) is 2. The average molecular weight is 451 g/mol. The molecule has 33 heavy (non-hydrogen) atoms.